The van der Waals surface area contributed by atoms with Gasteiger partial charge in [-0.2, -0.15) is 0 Å². The Morgan fingerprint density at radius 3 is 2.93 bits per heavy atom. The molecule has 0 aliphatic carbocycles. The zero-order valence-electron chi connectivity index (χ0n) is 10.3. The molecule has 1 unspecified atom stereocenters. The lowest BCUT2D eigenvalue weighted by molar-refractivity contribution is 0.250. The summed E-state index contributed by atoms with van der Waals surface area (Å²) in [6.07, 6.45) is 2.28. The van der Waals surface area contributed by atoms with E-state index in [0.29, 0.717) is 6.04 Å². The second-order valence-corrected chi connectivity index (χ2v) is 4.64. The van der Waals surface area contributed by atoms with Crippen molar-refractivity contribution in [1.82, 2.24) is 10.2 Å². The van der Waals surface area contributed by atoms with Gasteiger partial charge in [0.25, 0.3) is 0 Å². The summed E-state index contributed by atoms with van der Waals surface area (Å²) in [6, 6.07) is 0.655. The van der Waals surface area contributed by atoms with Crippen LogP contribution in [0.2, 0.25) is 0 Å². The number of hydrogen-bond donors (Lipinski definition) is 1. The molecule has 0 aromatic rings. The highest BCUT2D eigenvalue weighted by molar-refractivity contribution is 4.95. The summed E-state index contributed by atoms with van der Waals surface area (Å²) < 4.78 is 0. The molecule has 1 fully saturated rings. The van der Waals surface area contributed by atoms with Crippen LogP contribution in [-0.4, -0.2) is 37.1 Å². The smallest absolute Gasteiger partial charge is 0.0217 e. The van der Waals surface area contributed by atoms with E-state index < -0.39 is 0 Å². The van der Waals surface area contributed by atoms with Crippen LogP contribution in [0, 0.1) is 17.8 Å². The molecule has 1 rings (SSSR count). The summed E-state index contributed by atoms with van der Waals surface area (Å²) in [4.78, 5) is 2.55. The molecule has 0 spiro atoms. The van der Waals surface area contributed by atoms with E-state index in [1.807, 2.05) is 6.92 Å². The van der Waals surface area contributed by atoms with Gasteiger partial charge in [-0.25, -0.2) is 0 Å². The standard InChI is InChI=1S/C13H24N2/c1-4-5-6-9-15-10-7-8-14-13(11-15)12(2)3/h12-14H,6-11H2,1-3H3. The third-order valence-electron chi connectivity index (χ3n) is 3.05. The number of rotatable bonds is 3. The largest absolute Gasteiger partial charge is 0.312 e. The molecule has 2 heteroatoms. The van der Waals surface area contributed by atoms with Crippen LogP contribution in [0.5, 0.6) is 0 Å². The predicted molar refractivity (Wildman–Crippen MR) is 65.8 cm³/mol. The molecule has 1 aliphatic heterocycles. The highest BCUT2D eigenvalue weighted by Gasteiger charge is 2.19. The van der Waals surface area contributed by atoms with Crippen LogP contribution in [0.3, 0.4) is 0 Å². The Morgan fingerprint density at radius 2 is 2.27 bits per heavy atom. The molecule has 1 heterocycles. The monoisotopic (exact) mass is 208 g/mol. The highest BCUT2D eigenvalue weighted by atomic mass is 15.2. The van der Waals surface area contributed by atoms with E-state index in [1.54, 1.807) is 0 Å². The molecule has 15 heavy (non-hydrogen) atoms. The van der Waals surface area contributed by atoms with Gasteiger partial charge in [0.2, 0.25) is 0 Å². The lowest BCUT2D eigenvalue weighted by Gasteiger charge is -2.26. The van der Waals surface area contributed by atoms with Gasteiger partial charge in [0.15, 0.2) is 0 Å². The van der Waals surface area contributed by atoms with Gasteiger partial charge in [-0.3, -0.25) is 0 Å². The van der Waals surface area contributed by atoms with Gasteiger partial charge in [0.1, 0.15) is 0 Å². The first-order valence-electron chi connectivity index (χ1n) is 6.09. The minimum atomic E-state index is 0.655. The Morgan fingerprint density at radius 1 is 1.47 bits per heavy atom. The summed E-state index contributed by atoms with van der Waals surface area (Å²) in [5, 5.41) is 3.62. The quantitative estimate of drug-likeness (QED) is 0.711. The fourth-order valence-electron chi connectivity index (χ4n) is 2.01. The predicted octanol–water partition coefficient (Wildman–Crippen LogP) is 1.72. The minimum Gasteiger partial charge on any atom is -0.312 e. The molecule has 1 aliphatic rings. The fraction of sp³-hybridized carbons (Fsp3) is 0.846. The van der Waals surface area contributed by atoms with Gasteiger partial charge in [0, 0.05) is 25.6 Å². The van der Waals surface area contributed by atoms with Gasteiger partial charge in [-0.05, 0) is 32.4 Å². The molecule has 0 bridgehead atoms. The first kappa shape index (κ1) is 12.5. The van der Waals surface area contributed by atoms with Gasteiger partial charge < -0.3 is 10.2 Å². The van der Waals surface area contributed by atoms with Crippen molar-refractivity contribution >= 4 is 0 Å². The topological polar surface area (TPSA) is 15.3 Å². The molecule has 0 aromatic heterocycles. The van der Waals surface area contributed by atoms with Crippen LogP contribution in [0.4, 0.5) is 0 Å². The summed E-state index contributed by atoms with van der Waals surface area (Å²) in [7, 11) is 0. The van der Waals surface area contributed by atoms with Crippen LogP contribution in [0.25, 0.3) is 0 Å². The molecule has 0 saturated carbocycles. The van der Waals surface area contributed by atoms with E-state index in [1.165, 1.54) is 26.1 Å². The maximum atomic E-state index is 3.62. The molecule has 2 nitrogen and oxygen atoms in total. The van der Waals surface area contributed by atoms with E-state index in [4.69, 9.17) is 0 Å². The molecule has 0 radical (unpaired) electrons. The van der Waals surface area contributed by atoms with E-state index in [0.717, 1.165) is 18.9 Å². The zero-order valence-corrected chi connectivity index (χ0v) is 10.3. The second-order valence-electron chi connectivity index (χ2n) is 4.64. The highest BCUT2D eigenvalue weighted by Crippen LogP contribution is 2.08. The number of hydrogen-bond acceptors (Lipinski definition) is 2. The van der Waals surface area contributed by atoms with E-state index >= 15 is 0 Å². The zero-order chi connectivity index (χ0) is 11.1. The van der Waals surface area contributed by atoms with Crippen molar-refractivity contribution < 1.29 is 0 Å². The molecule has 0 amide bonds. The summed E-state index contributed by atoms with van der Waals surface area (Å²) in [5.41, 5.74) is 0. The number of nitrogens with zero attached hydrogens (tertiary/aromatic N) is 1. The van der Waals surface area contributed by atoms with Crippen LogP contribution in [-0.2, 0) is 0 Å². The Balaban J connectivity index is 2.37. The third kappa shape index (κ3) is 4.68. The maximum absolute atomic E-state index is 3.62. The van der Waals surface area contributed by atoms with E-state index in [9.17, 15) is 0 Å². The van der Waals surface area contributed by atoms with E-state index in [-0.39, 0.29) is 0 Å². The Labute approximate surface area is 94.4 Å². The molecular weight excluding hydrogens is 184 g/mol. The van der Waals surface area contributed by atoms with Gasteiger partial charge >= 0.3 is 0 Å². The van der Waals surface area contributed by atoms with Crippen LogP contribution >= 0.6 is 0 Å². The van der Waals surface area contributed by atoms with Crippen molar-refractivity contribution in [2.45, 2.75) is 39.7 Å². The summed E-state index contributed by atoms with van der Waals surface area (Å²) >= 11 is 0. The minimum absolute atomic E-state index is 0.655. The first-order valence-corrected chi connectivity index (χ1v) is 6.09. The lowest BCUT2D eigenvalue weighted by atomic mass is 10.0. The van der Waals surface area contributed by atoms with Crippen LogP contribution in [0.1, 0.15) is 33.6 Å². The molecule has 86 valence electrons. The average Bonchev–Trinajstić information content (AvgIpc) is 2.44. The van der Waals surface area contributed by atoms with Crippen LogP contribution in [0.15, 0.2) is 0 Å². The maximum Gasteiger partial charge on any atom is 0.0217 e. The van der Waals surface area contributed by atoms with Crippen molar-refractivity contribution in [3.63, 3.8) is 0 Å². The Hall–Kier alpha value is -0.520. The summed E-state index contributed by atoms with van der Waals surface area (Å²) in [6.45, 7) is 11.2. The van der Waals surface area contributed by atoms with Gasteiger partial charge in [0.05, 0.1) is 0 Å². The SMILES string of the molecule is CC#CCCN1CCCNC(C(C)C)C1. The summed E-state index contributed by atoms with van der Waals surface area (Å²) in [5.74, 6) is 6.84. The fourth-order valence-corrected chi connectivity index (χ4v) is 2.01. The molecule has 1 saturated heterocycles. The molecule has 1 atom stereocenters. The van der Waals surface area contributed by atoms with E-state index in [2.05, 4.69) is 35.9 Å². The third-order valence-corrected chi connectivity index (χ3v) is 3.05. The Bertz CT molecular complexity index is 224. The first-order chi connectivity index (χ1) is 7.24. The van der Waals surface area contributed by atoms with Crippen molar-refractivity contribution in [3.05, 3.63) is 0 Å². The number of nitrogens with one attached hydrogen (secondary N) is 1. The van der Waals surface area contributed by atoms with Crippen molar-refractivity contribution in [2.75, 3.05) is 26.2 Å². The average molecular weight is 208 g/mol. The van der Waals surface area contributed by atoms with Crippen molar-refractivity contribution in [2.24, 2.45) is 5.92 Å². The Kier molecular flexibility index (Phi) is 5.75. The van der Waals surface area contributed by atoms with Crippen LogP contribution < -0.4 is 5.32 Å². The van der Waals surface area contributed by atoms with Gasteiger partial charge in [-0.15, -0.1) is 11.8 Å². The second kappa shape index (κ2) is 6.87. The molecular formula is C13H24N2. The molecule has 1 N–H and O–H groups in total. The van der Waals surface area contributed by atoms with Crippen molar-refractivity contribution in [3.8, 4) is 11.8 Å². The van der Waals surface area contributed by atoms with Crippen molar-refractivity contribution in [1.29, 1.82) is 0 Å². The van der Waals surface area contributed by atoms with Gasteiger partial charge in [-0.1, -0.05) is 13.8 Å². The molecule has 0 aromatic carbocycles. The normalized spacial score (nSPS) is 23.3. The lowest BCUT2D eigenvalue weighted by Crippen LogP contribution is -2.41.